The molecule has 0 saturated heterocycles. The number of hydrogen-bond donors (Lipinski definition) is 0. The van der Waals surface area contributed by atoms with E-state index in [1.54, 1.807) is 12.3 Å². The van der Waals surface area contributed by atoms with E-state index < -0.39 is 4.92 Å². The van der Waals surface area contributed by atoms with Crippen LogP contribution < -0.4 is 4.74 Å². The summed E-state index contributed by atoms with van der Waals surface area (Å²) in [4.78, 5) is 26.0. The maximum atomic E-state index is 11.9. The number of nitrogens with zero attached hydrogens (tertiary/aromatic N) is 2. The third-order valence-corrected chi connectivity index (χ3v) is 2.61. The van der Waals surface area contributed by atoms with Crippen molar-refractivity contribution in [2.45, 2.75) is 6.92 Å². The van der Waals surface area contributed by atoms with Gasteiger partial charge in [-0.25, -0.2) is 4.98 Å². The Morgan fingerprint density at radius 1 is 1.35 bits per heavy atom. The van der Waals surface area contributed by atoms with Crippen LogP contribution in [0.25, 0.3) is 0 Å². The summed E-state index contributed by atoms with van der Waals surface area (Å²) in [5.74, 6) is 0.00505. The summed E-state index contributed by atoms with van der Waals surface area (Å²) in [6.07, 6.45) is 1.63. The highest BCUT2D eigenvalue weighted by Crippen LogP contribution is 2.14. The zero-order valence-corrected chi connectivity index (χ0v) is 10.8. The number of rotatable bonds is 5. The maximum Gasteiger partial charge on any atom is 0.270 e. The van der Waals surface area contributed by atoms with E-state index >= 15 is 0 Å². The summed E-state index contributed by atoms with van der Waals surface area (Å²) in [5.41, 5.74) is 1.11. The summed E-state index contributed by atoms with van der Waals surface area (Å²) < 4.78 is 5.25. The molecule has 1 aromatic heterocycles. The van der Waals surface area contributed by atoms with E-state index in [1.807, 2.05) is 13.0 Å². The van der Waals surface area contributed by atoms with Crippen LogP contribution in [0.1, 0.15) is 15.9 Å². The second kappa shape index (κ2) is 5.92. The molecular formula is C14H12N2O4. The normalized spacial score (nSPS) is 10.1. The number of aryl methyl sites for hydroxylation is 1. The third-order valence-electron chi connectivity index (χ3n) is 2.61. The number of ether oxygens (including phenoxy) is 1. The molecule has 0 aliphatic heterocycles. The van der Waals surface area contributed by atoms with Crippen molar-refractivity contribution in [2.75, 3.05) is 6.61 Å². The van der Waals surface area contributed by atoms with Crippen molar-refractivity contribution in [1.82, 2.24) is 4.98 Å². The molecule has 1 heterocycles. The highest BCUT2D eigenvalue weighted by atomic mass is 16.6. The Hall–Kier alpha value is -2.76. The van der Waals surface area contributed by atoms with Gasteiger partial charge < -0.3 is 4.74 Å². The maximum absolute atomic E-state index is 11.9. The summed E-state index contributed by atoms with van der Waals surface area (Å²) in [7, 11) is 0. The van der Waals surface area contributed by atoms with Crippen molar-refractivity contribution in [2.24, 2.45) is 0 Å². The van der Waals surface area contributed by atoms with Crippen LogP contribution in [-0.2, 0) is 0 Å². The number of pyridine rings is 1. The quantitative estimate of drug-likeness (QED) is 0.474. The van der Waals surface area contributed by atoms with Gasteiger partial charge in [-0.3, -0.25) is 14.9 Å². The zero-order valence-electron chi connectivity index (χ0n) is 10.8. The van der Waals surface area contributed by atoms with Crippen LogP contribution in [-0.4, -0.2) is 22.3 Å². The third kappa shape index (κ3) is 3.38. The highest BCUT2D eigenvalue weighted by molar-refractivity contribution is 5.97. The van der Waals surface area contributed by atoms with E-state index in [1.165, 1.54) is 24.3 Å². The fourth-order valence-electron chi connectivity index (χ4n) is 1.56. The first-order valence-electron chi connectivity index (χ1n) is 5.89. The van der Waals surface area contributed by atoms with E-state index in [-0.39, 0.29) is 23.6 Å². The van der Waals surface area contributed by atoms with Crippen LogP contribution in [0.2, 0.25) is 0 Å². The molecule has 0 bridgehead atoms. The number of carbonyl (C=O) groups is 1. The van der Waals surface area contributed by atoms with Gasteiger partial charge in [-0.05, 0) is 12.5 Å². The number of ketones is 1. The van der Waals surface area contributed by atoms with Gasteiger partial charge in [0.1, 0.15) is 0 Å². The summed E-state index contributed by atoms with van der Waals surface area (Å²) >= 11 is 0. The number of hydrogen-bond acceptors (Lipinski definition) is 5. The van der Waals surface area contributed by atoms with Gasteiger partial charge in [0.25, 0.3) is 5.69 Å². The van der Waals surface area contributed by atoms with Crippen molar-refractivity contribution in [3.05, 3.63) is 63.8 Å². The van der Waals surface area contributed by atoms with Crippen LogP contribution in [0.4, 0.5) is 5.69 Å². The van der Waals surface area contributed by atoms with Gasteiger partial charge in [0.15, 0.2) is 6.61 Å². The Bertz CT molecular complexity index is 638. The lowest BCUT2D eigenvalue weighted by atomic mass is 10.1. The Kier molecular flexibility index (Phi) is 4.05. The lowest BCUT2D eigenvalue weighted by Gasteiger charge is -2.04. The van der Waals surface area contributed by atoms with Crippen LogP contribution in [0.5, 0.6) is 5.88 Å². The van der Waals surface area contributed by atoms with E-state index in [9.17, 15) is 14.9 Å². The van der Waals surface area contributed by atoms with Gasteiger partial charge in [0.2, 0.25) is 11.7 Å². The molecule has 20 heavy (non-hydrogen) atoms. The minimum absolute atomic E-state index is 0.121. The number of nitro benzene ring substituents is 1. The predicted molar refractivity (Wildman–Crippen MR) is 71.9 cm³/mol. The van der Waals surface area contributed by atoms with Crippen LogP contribution in [0.3, 0.4) is 0 Å². The molecule has 0 radical (unpaired) electrons. The molecule has 6 nitrogen and oxygen atoms in total. The SMILES string of the molecule is Cc1ccc(OCC(=O)c2cccc([N+](=O)[O-])c2)nc1. The monoisotopic (exact) mass is 272 g/mol. The molecule has 0 aliphatic carbocycles. The summed E-state index contributed by atoms with van der Waals surface area (Å²) in [6.45, 7) is 1.68. The van der Waals surface area contributed by atoms with Gasteiger partial charge in [-0.2, -0.15) is 0 Å². The van der Waals surface area contributed by atoms with E-state index in [4.69, 9.17) is 4.74 Å². The first-order chi connectivity index (χ1) is 9.56. The minimum Gasteiger partial charge on any atom is -0.469 e. The molecule has 0 unspecified atom stereocenters. The molecule has 0 fully saturated rings. The smallest absolute Gasteiger partial charge is 0.270 e. The molecule has 2 aromatic rings. The standard InChI is InChI=1S/C14H12N2O4/c1-10-5-6-14(15-8-10)20-9-13(17)11-3-2-4-12(7-11)16(18)19/h2-8H,9H2,1H3. The molecular weight excluding hydrogens is 260 g/mol. The number of aromatic nitrogens is 1. The molecule has 0 aliphatic rings. The lowest BCUT2D eigenvalue weighted by Crippen LogP contribution is -2.12. The van der Waals surface area contributed by atoms with Gasteiger partial charge in [-0.1, -0.05) is 18.2 Å². The van der Waals surface area contributed by atoms with Crippen LogP contribution in [0, 0.1) is 17.0 Å². The average Bonchev–Trinajstić information content (AvgIpc) is 2.46. The van der Waals surface area contributed by atoms with E-state index in [2.05, 4.69) is 4.98 Å². The largest absolute Gasteiger partial charge is 0.469 e. The van der Waals surface area contributed by atoms with Crippen molar-refractivity contribution >= 4 is 11.5 Å². The number of carbonyl (C=O) groups excluding carboxylic acids is 1. The predicted octanol–water partition coefficient (Wildman–Crippen LogP) is 2.56. The topological polar surface area (TPSA) is 82.3 Å². The summed E-state index contributed by atoms with van der Waals surface area (Å²) in [5, 5.41) is 10.6. The molecule has 0 spiro atoms. The van der Waals surface area contributed by atoms with E-state index in [0.29, 0.717) is 5.88 Å². The first kappa shape index (κ1) is 13.7. The molecule has 102 valence electrons. The van der Waals surface area contributed by atoms with Crippen molar-refractivity contribution < 1.29 is 14.5 Å². The molecule has 1 aromatic carbocycles. The Labute approximate surface area is 115 Å². The fraction of sp³-hybridized carbons (Fsp3) is 0.143. The Morgan fingerprint density at radius 3 is 2.80 bits per heavy atom. The fourth-order valence-corrected chi connectivity index (χ4v) is 1.56. The van der Waals surface area contributed by atoms with Crippen LogP contribution in [0.15, 0.2) is 42.6 Å². The number of non-ortho nitro benzene ring substituents is 1. The molecule has 0 N–H and O–H groups in total. The second-order valence-corrected chi connectivity index (χ2v) is 4.19. The van der Waals surface area contributed by atoms with Crippen molar-refractivity contribution in [3.63, 3.8) is 0 Å². The number of nitro groups is 1. The molecule has 0 saturated carbocycles. The van der Waals surface area contributed by atoms with Gasteiger partial charge in [0.05, 0.1) is 4.92 Å². The van der Waals surface area contributed by atoms with Crippen LogP contribution >= 0.6 is 0 Å². The van der Waals surface area contributed by atoms with Crippen molar-refractivity contribution in [1.29, 1.82) is 0 Å². The zero-order chi connectivity index (χ0) is 14.5. The lowest BCUT2D eigenvalue weighted by molar-refractivity contribution is -0.384. The Balaban J connectivity index is 2.03. The molecule has 0 atom stereocenters. The summed E-state index contributed by atoms with van der Waals surface area (Å²) in [6, 6.07) is 9.03. The molecule has 2 rings (SSSR count). The second-order valence-electron chi connectivity index (χ2n) is 4.19. The van der Waals surface area contributed by atoms with Crippen molar-refractivity contribution in [3.8, 4) is 5.88 Å². The molecule has 0 amide bonds. The Morgan fingerprint density at radius 2 is 2.15 bits per heavy atom. The number of Topliss-reactive ketones (excluding diaryl/α,β-unsaturated/α-hetero) is 1. The van der Waals surface area contributed by atoms with Gasteiger partial charge in [0, 0.05) is 30.0 Å². The highest BCUT2D eigenvalue weighted by Gasteiger charge is 2.12. The van der Waals surface area contributed by atoms with Gasteiger partial charge >= 0.3 is 0 Å². The minimum atomic E-state index is -0.542. The van der Waals surface area contributed by atoms with Gasteiger partial charge in [-0.15, -0.1) is 0 Å². The first-order valence-corrected chi connectivity index (χ1v) is 5.89. The van der Waals surface area contributed by atoms with E-state index in [0.717, 1.165) is 5.56 Å². The average molecular weight is 272 g/mol. The molecule has 6 heteroatoms. The number of benzene rings is 1.